The number of amides is 1. The summed E-state index contributed by atoms with van der Waals surface area (Å²) in [5.74, 6) is 0.206. The van der Waals surface area contributed by atoms with E-state index in [0.29, 0.717) is 6.61 Å². The molecule has 10 heavy (non-hydrogen) atoms. The Morgan fingerprint density at radius 3 is 2.50 bits per heavy atom. The fourth-order valence-corrected chi connectivity index (χ4v) is 1.33. The average Bonchev–Trinajstić information content (AvgIpc) is 2.65. The summed E-state index contributed by atoms with van der Waals surface area (Å²) in [5, 5.41) is 0. The van der Waals surface area contributed by atoms with Gasteiger partial charge in [-0.2, -0.15) is 0 Å². The number of carbonyl (C=O) groups is 1. The van der Waals surface area contributed by atoms with Crippen LogP contribution in [0.3, 0.4) is 0 Å². The van der Waals surface area contributed by atoms with E-state index in [9.17, 15) is 4.79 Å². The minimum absolute atomic E-state index is 0.0712. The number of likely N-dealkylation sites (tertiary alicyclic amines) is 1. The maximum Gasteiger partial charge on any atom is 0.254 e. The highest BCUT2D eigenvalue weighted by Crippen LogP contribution is 2.16. The number of ether oxygens (including phenoxy) is 1. The molecule has 0 aromatic rings. The third-order valence-corrected chi connectivity index (χ3v) is 2.03. The van der Waals surface area contributed by atoms with E-state index < -0.39 is 0 Å². The lowest BCUT2D eigenvalue weighted by Gasteiger charge is -2.12. The largest absolute Gasteiger partial charge is 0.363 e. The molecule has 0 unspecified atom stereocenters. The van der Waals surface area contributed by atoms with E-state index in [4.69, 9.17) is 4.74 Å². The molecule has 3 heteroatoms. The molecule has 0 radical (unpaired) electrons. The number of hydrogen-bond acceptors (Lipinski definition) is 2. The van der Waals surface area contributed by atoms with Gasteiger partial charge in [-0.15, -0.1) is 0 Å². The van der Waals surface area contributed by atoms with Crippen molar-refractivity contribution in [1.29, 1.82) is 0 Å². The SMILES string of the molecule is O=C([C@H]1CO1)N1CCCC1. The molecule has 0 saturated carbocycles. The number of rotatable bonds is 1. The first-order valence-electron chi connectivity index (χ1n) is 3.78. The van der Waals surface area contributed by atoms with Crippen molar-refractivity contribution in [3.8, 4) is 0 Å². The molecule has 0 bridgehead atoms. The predicted molar refractivity (Wildman–Crippen MR) is 35.6 cm³/mol. The van der Waals surface area contributed by atoms with E-state index in [1.165, 1.54) is 12.8 Å². The van der Waals surface area contributed by atoms with Crippen LogP contribution in [0.1, 0.15) is 12.8 Å². The summed E-state index contributed by atoms with van der Waals surface area (Å²) in [6.07, 6.45) is 2.26. The molecule has 2 aliphatic heterocycles. The molecule has 1 atom stereocenters. The van der Waals surface area contributed by atoms with Crippen LogP contribution >= 0.6 is 0 Å². The van der Waals surface area contributed by atoms with Crippen molar-refractivity contribution in [1.82, 2.24) is 4.90 Å². The van der Waals surface area contributed by atoms with Crippen LogP contribution in [0.5, 0.6) is 0 Å². The molecule has 2 fully saturated rings. The van der Waals surface area contributed by atoms with E-state index in [2.05, 4.69) is 0 Å². The lowest BCUT2D eigenvalue weighted by atomic mass is 10.4. The number of hydrogen-bond donors (Lipinski definition) is 0. The van der Waals surface area contributed by atoms with Gasteiger partial charge in [0.15, 0.2) is 6.10 Å². The van der Waals surface area contributed by atoms with Crippen LogP contribution in [0.2, 0.25) is 0 Å². The molecule has 0 spiro atoms. The molecule has 0 aromatic heterocycles. The normalized spacial score (nSPS) is 30.8. The summed E-state index contributed by atoms with van der Waals surface area (Å²) in [6.45, 7) is 2.53. The Labute approximate surface area is 60.0 Å². The van der Waals surface area contributed by atoms with Crippen molar-refractivity contribution in [3.63, 3.8) is 0 Å². The third-order valence-electron chi connectivity index (χ3n) is 2.03. The van der Waals surface area contributed by atoms with Gasteiger partial charge in [-0.25, -0.2) is 0 Å². The van der Waals surface area contributed by atoms with Gasteiger partial charge in [0.25, 0.3) is 5.91 Å². The number of carbonyl (C=O) groups excluding carboxylic acids is 1. The molecular weight excluding hydrogens is 130 g/mol. The highest BCUT2D eigenvalue weighted by molar-refractivity contribution is 5.83. The lowest BCUT2D eigenvalue weighted by molar-refractivity contribution is -0.131. The third kappa shape index (κ3) is 1.01. The van der Waals surface area contributed by atoms with Gasteiger partial charge in [-0.1, -0.05) is 0 Å². The molecule has 3 nitrogen and oxygen atoms in total. The zero-order chi connectivity index (χ0) is 6.97. The van der Waals surface area contributed by atoms with Crippen molar-refractivity contribution >= 4 is 5.91 Å². The van der Waals surface area contributed by atoms with Crippen LogP contribution in [-0.4, -0.2) is 36.6 Å². The Morgan fingerprint density at radius 1 is 1.40 bits per heavy atom. The molecule has 0 aromatic carbocycles. The Kier molecular flexibility index (Phi) is 1.38. The summed E-state index contributed by atoms with van der Waals surface area (Å²) in [4.78, 5) is 13.1. The molecule has 56 valence electrons. The second-order valence-corrected chi connectivity index (χ2v) is 2.85. The maximum absolute atomic E-state index is 11.2. The first-order chi connectivity index (χ1) is 4.88. The van der Waals surface area contributed by atoms with E-state index in [0.717, 1.165) is 13.1 Å². The quantitative estimate of drug-likeness (QED) is 0.482. The van der Waals surface area contributed by atoms with Crippen molar-refractivity contribution < 1.29 is 9.53 Å². The highest BCUT2D eigenvalue weighted by atomic mass is 16.6. The molecule has 2 rings (SSSR count). The molecule has 0 aliphatic carbocycles. The minimum Gasteiger partial charge on any atom is -0.363 e. The fraction of sp³-hybridized carbons (Fsp3) is 0.857. The number of nitrogens with zero attached hydrogens (tertiary/aromatic N) is 1. The van der Waals surface area contributed by atoms with Crippen LogP contribution in [0.4, 0.5) is 0 Å². The van der Waals surface area contributed by atoms with Gasteiger partial charge in [0.05, 0.1) is 6.61 Å². The van der Waals surface area contributed by atoms with Crippen molar-refractivity contribution in [2.24, 2.45) is 0 Å². The van der Waals surface area contributed by atoms with E-state index in [1.54, 1.807) is 0 Å². The van der Waals surface area contributed by atoms with Gasteiger partial charge < -0.3 is 9.64 Å². The topological polar surface area (TPSA) is 32.8 Å². The summed E-state index contributed by atoms with van der Waals surface area (Å²) in [5.41, 5.74) is 0. The zero-order valence-electron chi connectivity index (χ0n) is 5.88. The Balaban J connectivity index is 1.90. The van der Waals surface area contributed by atoms with Gasteiger partial charge in [0.1, 0.15) is 0 Å². The summed E-state index contributed by atoms with van der Waals surface area (Å²) >= 11 is 0. The van der Waals surface area contributed by atoms with Gasteiger partial charge in [0.2, 0.25) is 0 Å². The molecular formula is C7H11NO2. The second kappa shape index (κ2) is 2.23. The Hall–Kier alpha value is -0.570. The first-order valence-corrected chi connectivity index (χ1v) is 3.78. The van der Waals surface area contributed by atoms with Gasteiger partial charge >= 0.3 is 0 Å². The molecule has 2 aliphatic rings. The molecule has 1 amide bonds. The van der Waals surface area contributed by atoms with Gasteiger partial charge in [0, 0.05) is 13.1 Å². The van der Waals surface area contributed by atoms with E-state index >= 15 is 0 Å². The Morgan fingerprint density at radius 2 is 2.00 bits per heavy atom. The highest BCUT2D eigenvalue weighted by Gasteiger charge is 2.35. The van der Waals surface area contributed by atoms with Gasteiger partial charge in [-0.05, 0) is 12.8 Å². The minimum atomic E-state index is -0.0712. The molecule has 2 heterocycles. The standard InChI is InChI=1S/C7H11NO2/c9-7(6-5-10-6)8-3-1-2-4-8/h6H,1-5H2/t6-/m1/s1. The van der Waals surface area contributed by atoms with E-state index in [-0.39, 0.29) is 12.0 Å². The van der Waals surface area contributed by atoms with Crippen molar-refractivity contribution in [2.45, 2.75) is 18.9 Å². The van der Waals surface area contributed by atoms with Crippen LogP contribution < -0.4 is 0 Å². The van der Waals surface area contributed by atoms with Crippen molar-refractivity contribution in [3.05, 3.63) is 0 Å². The second-order valence-electron chi connectivity index (χ2n) is 2.85. The lowest BCUT2D eigenvalue weighted by Crippen LogP contribution is -2.31. The summed E-state index contributed by atoms with van der Waals surface area (Å²) in [7, 11) is 0. The Bertz CT molecular complexity index is 148. The average molecular weight is 141 g/mol. The fourth-order valence-electron chi connectivity index (χ4n) is 1.33. The summed E-state index contributed by atoms with van der Waals surface area (Å²) in [6, 6.07) is 0. The summed E-state index contributed by atoms with van der Waals surface area (Å²) < 4.78 is 4.89. The van der Waals surface area contributed by atoms with Crippen LogP contribution in [-0.2, 0) is 9.53 Å². The smallest absolute Gasteiger partial charge is 0.254 e. The van der Waals surface area contributed by atoms with Crippen LogP contribution in [0.25, 0.3) is 0 Å². The predicted octanol–water partition coefficient (Wildman–Crippen LogP) is 0.00760. The van der Waals surface area contributed by atoms with Gasteiger partial charge in [-0.3, -0.25) is 4.79 Å². The molecule has 0 N–H and O–H groups in total. The van der Waals surface area contributed by atoms with Crippen molar-refractivity contribution in [2.75, 3.05) is 19.7 Å². The first kappa shape index (κ1) is 6.16. The monoisotopic (exact) mass is 141 g/mol. The van der Waals surface area contributed by atoms with Crippen LogP contribution in [0, 0.1) is 0 Å². The molecule has 2 saturated heterocycles. The maximum atomic E-state index is 11.2. The number of epoxide rings is 1. The van der Waals surface area contributed by atoms with Crippen LogP contribution in [0.15, 0.2) is 0 Å². The van der Waals surface area contributed by atoms with E-state index in [1.807, 2.05) is 4.90 Å². The zero-order valence-corrected chi connectivity index (χ0v) is 5.88.